The number of halogens is 1. The van der Waals surface area contributed by atoms with Gasteiger partial charge in [0.25, 0.3) is 0 Å². The van der Waals surface area contributed by atoms with Crippen LogP contribution in [0.5, 0.6) is 0 Å². The van der Waals surface area contributed by atoms with E-state index in [1.54, 1.807) is 4.90 Å². The lowest BCUT2D eigenvalue weighted by atomic mass is 9.75. The second-order valence-corrected chi connectivity index (χ2v) is 10.4. The van der Waals surface area contributed by atoms with Gasteiger partial charge in [-0.25, -0.2) is 4.79 Å². The molecule has 2 aromatic carbocycles. The number of fused-ring (bicyclic) bond motifs is 2. The molecule has 0 aliphatic carbocycles. The van der Waals surface area contributed by atoms with E-state index in [1.807, 2.05) is 36.4 Å². The van der Waals surface area contributed by atoms with Crippen LogP contribution >= 0.6 is 11.6 Å². The quantitative estimate of drug-likeness (QED) is 0.667. The number of piperidine rings is 2. The number of rotatable bonds is 5. The molecule has 34 heavy (non-hydrogen) atoms. The van der Waals surface area contributed by atoms with Crippen LogP contribution in [0.4, 0.5) is 10.5 Å². The summed E-state index contributed by atoms with van der Waals surface area (Å²) in [6.07, 6.45) is 3.08. The van der Waals surface area contributed by atoms with Gasteiger partial charge in [0.1, 0.15) is 6.61 Å². The Morgan fingerprint density at radius 2 is 1.88 bits per heavy atom. The molecule has 0 aromatic heterocycles. The van der Waals surface area contributed by atoms with Gasteiger partial charge in [0.05, 0.1) is 6.10 Å². The number of aliphatic hydroxyl groups excluding tert-OH is 1. The molecule has 0 bridgehead atoms. The lowest BCUT2D eigenvalue weighted by Gasteiger charge is -2.37. The lowest BCUT2D eigenvalue weighted by Crippen LogP contribution is -2.46. The molecular formula is C27H34ClN3O3. The maximum atomic E-state index is 12.5. The van der Waals surface area contributed by atoms with E-state index in [9.17, 15) is 9.90 Å². The third-order valence-electron chi connectivity index (χ3n) is 7.88. The van der Waals surface area contributed by atoms with Crippen molar-refractivity contribution in [2.24, 2.45) is 5.92 Å². The van der Waals surface area contributed by atoms with Crippen LogP contribution in [0.1, 0.15) is 36.8 Å². The van der Waals surface area contributed by atoms with Crippen molar-refractivity contribution in [2.45, 2.75) is 43.8 Å². The average Bonchev–Trinajstić information content (AvgIpc) is 3.15. The molecule has 5 rings (SSSR count). The Hall–Kier alpha value is -2.28. The van der Waals surface area contributed by atoms with Gasteiger partial charge >= 0.3 is 6.09 Å². The topological polar surface area (TPSA) is 65.0 Å². The maximum absolute atomic E-state index is 12.5. The molecule has 2 N–H and O–H groups in total. The van der Waals surface area contributed by atoms with Crippen LogP contribution in [0.15, 0.2) is 48.5 Å². The maximum Gasteiger partial charge on any atom is 0.410 e. The zero-order chi connectivity index (χ0) is 23.5. The van der Waals surface area contributed by atoms with E-state index >= 15 is 0 Å². The number of nitrogens with one attached hydrogen (secondary N) is 1. The summed E-state index contributed by atoms with van der Waals surface area (Å²) in [5.41, 5.74) is 3.69. The van der Waals surface area contributed by atoms with Gasteiger partial charge in [-0.1, -0.05) is 48.0 Å². The molecule has 3 aliphatic rings. The molecule has 0 unspecified atom stereocenters. The number of hydrogen-bond donors (Lipinski definition) is 2. The van der Waals surface area contributed by atoms with Crippen LogP contribution in [-0.2, 0) is 16.8 Å². The first-order valence-electron chi connectivity index (χ1n) is 12.4. The summed E-state index contributed by atoms with van der Waals surface area (Å²) >= 11 is 6.36. The number of nitrogens with zero attached hydrogens (tertiary/aromatic N) is 2. The van der Waals surface area contributed by atoms with Gasteiger partial charge in [0, 0.05) is 42.3 Å². The molecule has 3 heterocycles. The first kappa shape index (κ1) is 23.5. The third kappa shape index (κ3) is 4.90. The number of amides is 1. The zero-order valence-electron chi connectivity index (χ0n) is 19.6. The van der Waals surface area contributed by atoms with Crippen molar-refractivity contribution in [3.8, 4) is 0 Å². The van der Waals surface area contributed by atoms with Crippen molar-refractivity contribution in [2.75, 3.05) is 44.2 Å². The van der Waals surface area contributed by atoms with Crippen molar-refractivity contribution in [3.05, 3.63) is 64.7 Å². The number of ether oxygens (including phenoxy) is 1. The average molecular weight is 484 g/mol. The zero-order valence-corrected chi connectivity index (χ0v) is 20.3. The molecular weight excluding hydrogens is 450 g/mol. The second kappa shape index (κ2) is 10.1. The van der Waals surface area contributed by atoms with E-state index < -0.39 is 6.10 Å². The van der Waals surface area contributed by atoms with Crippen LogP contribution in [0, 0.1) is 5.92 Å². The van der Waals surface area contributed by atoms with Crippen molar-refractivity contribution >= 4 is 23.4 Å². The van der Waals surface area contributed by atoms with Gasteiger partial charge in [-0.2, -0.15) is 0 Å². The molecule has 2 saturated heterocycles. The Kier molecular flexibility index (Phi) is 7.00. The SMILES string of the molecule is O=C(OCc1ccccc1)N1CCC([C@H](O)CN2CC3(CCNCC3)c3ccc(Cl)cc32)CC1. The van der Waals surface area contributed by atoms with Crippen molar-refractivity contribution in [1.29, 1.82) is 0 Å². The van der Waals surface area contributed by atoms with Gasteiger partial charge in [0.15, 0.2) is 0 Å². The van der Waals surface area contributed by atoms with Crippen molar-refractivity contribution in [1.82, 2.24) is 10.2 Å². The predicted molar refractivity (Wildman–Crippen MR) is 134 cm³/mol. The standard InChI is InChI=1S/C27H34ClN3O3/c28-22-6-7-23-24(16-22)31(19-27(23)10-12-29-13-11-27)17-25(32)21-8-14-30(15-9-21)26(33)34-18-20-4-2-1-3-5-20/h1-7,16,21,25,29,32H,8-15,17-19H2/t25-/m1/s1. The smallest absolute Gasteiger partial charge is 0.410 e. The fraction of sp³-hybridized carbons (Fsp3) is 0.519. The molecule has 1 atom stereocenters. The molecule has 2 aromatic rings. The number of carbonyl (C=O) groups excluding carboxylic acids is 1. The fourth-order valence-corrected chi connectivity index (χ4v) is 6.06. The minimum atomic E-state index is -0.439. The van der Waals surface area contributed by atoms with Crippen LogP contribution < -0.4 is 10.2 Å². The predicted octanol–water partition coefficient (Wildman–Crippen LogP) is 4.19. The highest BCUT2D eigenvalue weighted by molar-refractivity contribution is 6.30. The Bertz CT molecular complexity index is 988. The van der Waals surface area contributed by atoms with Gasteiger partial charge in [-0.3, -0.25) is 0 Å². The minimum absolute atomic E-state index is 0.150. The van der Waals surface area contributed by atoms with Crippen molar-refractivity contribution < 1.29 is 14.6 Å². The van der Waals surface area contributed by atoms with Gasteiger partial charge in [-0.15, -0.1) is 0 Å². The normalized spacial score (nSPS) is 20.9. The molecule has 0 radical (unpaired) electrons. The molecule has 1 spiro atoms. The van der Waals surface area contributed by atoms with Crippen LogP contribution in [-0.4, -0.2) is 61.5 Å². The number of aliphatic hydroxyl groups is 1. The lowest BCUT2D eigenvalue weighted by molar-refractivity contribution is 0.0480. The van der Waals surface area contributed by atoms with E-state index in [2.05, 4.69) is 22.3 Å². The fourth-order valence-electron chi connectivity index (χ4n) is 5.90. The summed E-state index contributed by atoms with van der Waals surface area (Å²) in [5.74, 6) is 0.172. The molecule has 1 amide bonds. The van der Waals surface area contributed by atoms with E-state index in [4.69, 9.17) is 16.3 Å². The summed E-state index contributed by atoms with van der Waals surface area (Å²) in [6, 6.07) is 16.0. The highest BCUT2D eigenvalue weighted by Gasteiger charge is 2.44. The van der Waals surface area contributed by atoms with Crippen LogP contribution in [0.2, 0.25) is 5.02 Å². The number of hydrogen-bond acceptors (Lipinski definition) is 5. The Labute approximate surface area is 206 Å². The summed E-state index contributed by atoms with van der Waals surface area (Å²) < 4.78 is 5.48. The highest BCUT2D eigenvalue weighted by Crippen LogP contribution is 2.47. The molecule has 182 valence electrons. The summed E-state index contributed by atoms with van der Waals surface area (Å²) in [7, 11) is 0. The summed E-state index contributed by atoms with van der Waals surface area (Å²) in [5, 5.41) is 15.4. The number of anilines is 1. The van der Waals surface area contributed by atoms with E-state index in [-0.39, 0.29) is 24.0 Å². The molecule has 2 fully saturated rings. The van der Waals surface area contributed by atoms with Gasteiger partial charge in [0.2, 0.25) is 0 Å². The number of β-amino-alcohol motifs (C(OH)–C–C–N with tert-alkyl or cyclic N) is 1. The Morgan fingerprint density at radius 1 is 1.15 bits per heavy atom. The van der Waals surface area contributed by atoms with Crippen molar-refractivity contribution in [3.63, 3.8) is 0 Å². The number of carbonyl (C=O) groups is 1. The molecule has 0 saturated carbocycles. The van der Waals surface area contributed by atoms with E-state index in [0.29, 0.717) is 19.6 Å². The van der Waals surface area contributed by atoms with Gasteiger partial charge in [-0.05, 0) is 68.0 Å². The molecule has 7 heteroatoms. The third-order valence-corrected chi connectivity index (χ3v) is 8.12. The first-order chi connectivity index (χ1) is 16.5. The summed E-state index contributed by atoms with van der Waals surface area (Å²) in [4.78, 5) is 16.6. The van der Waals surface area contributed by atoms with E-state index in [1.165, 1.54) is 11.3 Å². The highest BCUT2D eigenvalue weighted by atomic mass is 35.5. The second-order valence-electron chi connectivity index (χ2n) is 10.0. The van der Waals surface area contributed by atoms with Gasteiger partial charge < -0.3 is 25.0 Å². The number of likely N-dealkylation sites (tertiary alicyclic amines) is 1. The molecule has 6 nitrogen and oxygen atoms in total. The van der Waals surface area contributed by atoms with Crippen LogP contribution in [0.3, 0.4) is 0 Å². The largest absolute Gasteiger partial charge is 0.445 e. The van der Waals surface area contributed by atoms with E-state index in [0.717, 1.165) is 55.9 Å². The summed E-state index contributed by atoms with van der Waals surface area (Å²) in [6.45, 7) is 5.11. The Morgan fingerprint density at radius 3 is 2.62 bits per heavy atom. The number of benzene rings is 2. The van der Waals surface area contributed by atoms with Crippen LogP contribution in [0.25, 0.3) is 0 Å². The minimum Gasteiger partial charge on any atom is -0.445 e. The first-order valence-corrected chi connectivity index (χ1v) is 12.8. The Balaban J connectivity index is 1.16. The monoisotopic (exact) mass is 483 g/mol. The molecule has 3 aliphatic heterocycles.